The number of fused-ring (bicyclic) bond motifs is 1. The molecule has 3 nitrogen and oxygen atoms in total. The van der Waals surface area contributed by atoms with E-state index < -0.39 is 0 Å². The van der Waals surface area contributed by atoms with Crippen LogP contribution in [0, 0.1) is 6.92 Å². The lowest BCUT2D eigenvalue weighted by molar-refractivity contribution is 0.608. The highest BCUT2D eigenvalue weighted by atomic mass is 32.1. The van der Waals surface area contributed by atoms with Gasteiger partial charge in [0.25, 0.3) is 0 Å². The van der Waals surface area contributed by atoms with Gasteiger partial charge in [0, 0.05) is 28.9 Å². The maximum atomic E-state index is 4.41. The van der Waals surface area contributed by atoms with Crippen molar-refractivity contribution >= 4 is 22.1 Å². The number of pyridine rings is 1. The third-order valence-electron chi connectivity index (χ3n) is 3.55. The van der Waals surface area contributed by atoms with Crippen molar-refractivity contribution in [3.63, 3.8) is 0 Å². The predicted molar refractivity (Wildman–Crippen MR) is 88.7 cm³/mol. The van der Waals surface area contributed by atoms with E-state index in [0.717, 1.165) is 18.0 Å². The summed E-state index contributed by atoms with van der Waals surface area (Å²) in [5, 5.41) is 7.19. The fourth-order valence-electron chi connectivity index (χ4n) is 2.55. The first kappa shape index (κ1) is 14.2. The molecule has 21 heavy (non-hydrogen) atoms. The van der Waals surface area contributed by atoms with Crippen LogP contribution in [0.2, 0.25) is 0 Å². The first-order chi connectivity index (χ1) is 10.3. The molecule has 0 aliphatic heterocycles. The molecule has 0 fully saturated rings. The third kappa shape index (κ3) is 2.96. The zero-order valence-electron chi connectivity index (χ0n) is 12.3. The van der Waals surface area contributed by atoms with Gasteiger partial charge in [-0.15, -0.1) is 11.3 Å². The second-order valence-electron chi connectivity index (χ2n) is 5.11. The fourth-order valence-corrected chi connectivity index (χ4v) is 3.43. The minimum absolute atomic E-state index is 0.184. The minimum Gasteiger partial charge on any atom is -0.306 e. The second-order valence-corrected chi connectivity index (χ2v) is 6.38. The lowest BCUT2D eigenvalue weighted by atomic mass is 9.99. The molecule has 2 heterocycles. The SMILES string of the molecule is CCCNC(c1cnc(C)s1)c1cccc2ccncc12. The van der Waals surface area contributed by atoms with Crippen LogP contribution >= 0.6 is 11.3 Å². The molecule has 0 aliphatic rings. The summed E-state index contributed by atoms with van der Waals surface area (Å²) in [6, 6.07) is 8.69. The Morgan fingerprint density at radius 1 is 1.24 bits per heavy atom. The summed E-state index contributed by atoms with van der Waals surface area (Å²) in [4.78, 5) is 9.97. The Bertz CT molecular complexity index is 730. The van der Waals surface area contributed by atoms with E-state index in [1.54, 1.807) is 11.3 Å². The van der Waals surface area contributed by atoms with E-state index in [1.165, 1.54) is 21.2 Å². The van der Waals surface area contributed by atoms with Gasteiger partial charge in [-0.3, -0.25) is 4.98 Å². The molecule has 0 saturated heterocycles. The maximum absolute atomic E-state index is 4.41. The van der Waals surface area contributed by atoms with Crippen molar-refractivity contribution in [2.45, 2.75) is 26.3 Å². The highest BCUT2D eigenvalue weighted by Gasteiger charge is 2.18. The average molecular weight is 297 g/mol. The van der Waals surface area contributed by atoms with E-state index in [9.17, 15) is 0 Å². The summed E-state index contributed by atoms with van der Waals surface area (Å²) in [5.74, 6) is 0. The smallest absolute Gasteiger partial charge is 0.0897 e. The van der Waals surface area contributed by atoms with Gasteiger partial charge in [-0.2, -0.15) is 0 Å². The summed E-state index contributed by atoms with van der Waals surface area (Å²) in [6.07, 6.45) is 6.90. The normalized spacial score (nSPS) is 12.7. The monoisotopic (exact) mass is 297 g/mol. The number of nitrogens with zero attached hydrogens (tertiary/aromatic N) is 2. The highest BCUT2D eigenvalue weighted by molar-refractivity contribution is 7.11. The molecule has 0 amide bonds. The Labute approximate surface area is 129 Å². The molecular weight excluding hydrogens is 278 g/mol. The van der Waals surface area contributed by atoms with Gasteiger partial charge in [0.15, 0.2) is 0 Å². The molecule has 2 aromatic heterocycles. The van der Waals surface area contributed by atoms with Crippen LogP contribution in [-0.2, 0) is 0 Å². The Balaban J connectivity index is 2.09. The number of aryl methyl sites for hydroxylation is 1. The predicted octanol–water partition coefficient (Wildman–Crippen LogP) is 4.09. The van der Waals surface area contributed by atoms with Gasteiger partial charge in [0.2, 0.25) is 0 Å². The van der Waals surface area contributed by atoms with E-state index in [0.29, 0.717) is 0 Å². The topological polar surface area (TPSA) is 37.8 Å². The Hall–Kier alpha value is -1.78. The maximum Gasteiger partial charge on any atom is 0.0897 e. The van der Waals surface area contributed by atoms with Crippen LogP contribution in [0.1, 0.15) is 34.8 Å². The fraction of sp³-hybridized carbons (Fsp3) is 0.294. The molecule has 0 bridgehead atoms. The number of hydrogen-bond acceptors (Lipinski definition) is 4. The number of nitrogens with one attached hydrogen (secondary N) is 1. The van der Waals surface area contributed by atoms with Crippen LogP contribution < -0.4 is 5.32 Å². The Morgan fingerprint density at radius 2 is 2.14 bits per heavy atom. The molecule has 1 aromatic carbocycles. The van der Waals surface area contributed by atoms with Crippen molar-refractivity contribution < 1.29 is 0 Å². The van der Waals surface area contributed by atoms with Crippen LogP contribution in [0.15, 0.2) is 42.9 Å². The summed E-state index contributed by atoms with van der Waals surface area (Å²) < 4.78 is 0. The van der Waals surface area contributed by atoms with Gasteiger partial charge in [-0.05, 0) is 36.9 Å². The zero-order valence-corrected chi connectivity index (χ0v) is 13.2. The summed E-state index contributed by atoms with van der Waals surface area (Å²) in [6.45, 7) is 5.22. The molecule has 4 heteroatoms. The molecule has 0 radical (unpaired) electrons. The van der Waals surface area contributed by atoms with Crippen molar-refractivity contribution in [2.75, 3.05) is 6.54 Å². The number of hydrogen-bond donors (Lipinski definition) is 1. The molecule has 1 N–H and O–H groups in total. The number of thiazole rings is 1. The van der Waals surface area contributed by atoms with Crippen LogP contribution in [0.25, 0.3) is 10.8 Å². The Morgan fingerprint density at radius 3 is 2.90 bits per heavy atom. The standard InChI is InChI=1S/C17H19N3S/c1-3-8-19-17(16-11-20-12(2)21-16)14-6-4-5-13-7-9-18-10-15(13)14/h4-7,9-11,17,19H,3,8H2,1-2H3. The van der Waals surface area contributed by atoms with E-state index >= 15 is 0 Å². The number of aromatic nitrogens is 2. The lowest BCUT2D eigenvalue weighted by Gasteiger charge is -2.19. The van der Waals surface area contributed by atoms with E-state index in [2.05, 4.69) is 53.4 Å². The largest absolute Gasteiger partial charge is 0.306 e. The van der Waals surface area contributed by atoms with Gasteiger partial charge in [0.05, 0.1) is 11.0 Å². The zero-order chi connectivity index (χ0) is 14.7. The third-order valence-corrected chi connectivity index (χ3v) is 4.53. The second kappa shape index (κ2) is 6.33. The lowest BCUT2D eigenvalue weighted by Crippen LogP contribution is -2.22. The van der Waals surface area contributed by atoms with Crippen LogP contribution in [0.4, 0.5) is 0 Å². The van der Waals surface area contributed by atoms with E-state index in [1.807, 2.05) is 18.6 Å². The van der Waals surface area contributed by atoms with Crippen LogP contribution in [0.3, 0.4) is 0 Å². The first-order valence-corrected chi connectivity index (χ1v) is 8.09. The van der Waals surface area contributed by atoms with Crippen LogP contribution in [0.5, 0.6) is 0 Å². The van der Waals surface area contributed by atoms with E-state index in [-0.39, 0.29) is 6.04 Å². The number of rotatable bonds is 5. The van der Waals surface area contributed by atoms with Crippen molar-refractivity contribution in [3.8, 4) is 0 Å². The van der Waals surface area contributed by atoms with Gasteiger partial charge in [-0.1, -0.05) is 25.1 Å². The van der Waals surface area contributed by atoms with Crippen molar-refractivity contribution in [2.24, 2.45) is 0 Å². The number of benzene rings is 1. The molecule has 0 aliphatic carbocycles. The van der Waals surface area contributed by atoms with Crippen molar-refractivity contribution in [3.05, 3.63) is 58.3 Å². The van der Waals surface area contributed by atoms with Gasteiger partial charge in [-0.25, -0.2) is 4.98 Å². The highest BCUT2D eigenvalue weighted by Crippen LogP contribution is 2.31. The van der Waals surface area contributed by atoms with Crippen LogP contribution in [-0.4, -0.2) is 16.5 Å². The molecule has 3 aromatic rings. The summed E-state index contributed by atoms with van der Waals surface area (Å²) >= 11 is 1.76. The molecule has 0 saturated carbocycles. The molecule has 1 atom stereocenters. The molecule has 108 valence electrons. The molecule has 1 unspecified atom stereocenters. The summed E-state index contributed by atoms with van der Waals surface area (Å²) in [5.41, 5.74) is 1.28. The van der Waals surface area contributed by atoms with Crippen molar-refractivity contribution in [1.29, 1.82) is 0 Å². The van der Waals surface area contributed by atoms with E-state index in [4.69, 9.17) is 0 Å². The molecular formula is C17H19N3S. The minimum atomic E-state index is 0.184. The quantitative estimate of drug-likeness (QED) is 0.771. The summed E-state index contributed by atoms with van der Waals surface area (Å²) in [7, 11) is 0. The average Bonchev–Trinajstić information content (AvgIpc) is 2.94. The van der Waals surface area contributed by atoms with Gasteiger partial charge >= 0.3 is 0 Å². The van der Waals surface area contributed by atoms with Gasteiger partial charge in [0.1, 0.15) is 0 Å². The van der Waals surface area contributed by atoms with Gasteiger partial charge < -0.3 is 5.32 Å². The Kier molecular flexibility index (Phi) is 4.27. The molecule has 0 spiro atoms. The van der Waals surface area contributed by atoms with Crippen molar-refractivity contribution in [1.82, 2.24) is 15.3 Å². The molecule has 3 rings (SSSR count). The first-order valence-electron chi connectivity index (χ1n) is 7.28.